The summed E-state index contributed by atoms with van der Waals surface area (Å²) in [5.41, 5.74) is 1.08. The summed E-state index contributed by atoms with van der Waals surface area (Å²) in [4.78, 5) is 26.2. The minimum absolute atomic E-state index is 0.118. The van der Waals surface area contributed by atoms with Crippen LogP contribution in [0.2, 0.25) is 15.1 Å². The van der Waals surface area contributed by atoms with Gasteiger partial charge in [-0.05, 0) is 102 Å². The fourth-order valence-electron chi connectivity index (χ4n) is 6.74. The summed E-state index contributed by atoms with van der Waals surface area (Å²) in [6.45, 7) is 9.69. The van der Waals surface area contributed by atoms with Gasteiger partial charge in [0.25, 0.3) is 0 Å². The van der Waals surface area contributed by atoms with Crippen LogP contribution in [0.1, 0.15) is 69.7 Å². The average Bonchev–Trinajstić information content (AvgIpc) is 2.90. The lowest BCUT2D eigenvalue weighted by Gasteiger charge is -2.52. The van der Waals surface area contributed by atoms with Crippen LogP contribution in [-0.2, 0) is 4.79 Å². The van der Waals surface area contributed by atoms with E-state index in [1.807, 2.05) is 32.9 Å². The molecule has 3 fully saturated rings. The first kappa shape index (κ1) is 28.7. The Morgan fingerprint density at radius 1 is 1.10 bits per heavy atom. The fourth-order valence-corrected chi connectivity index (χ4v) is 7.45. The van der Waals surface area contributed by atoms with Crippen LogP contribution in [0.15, 0.2) is 18.2 Å². The van der Waals surface area contributed by atoms with E-state index in [-0.39, 0.29) is 12.1 Å². The van der Waals surface area contributed by atoms with E-state index in [1.165, 1.54) is 6.42 Å². The van der Waals surface area contributed by atoms with E-state index in [1.54, 1.807) is 6.07 Å². The van der Waals surface area contributed by atoms with Crippen LogP contribution < -0.4 is 10.2 Å². The summed E-state index contributed by atoms with van der Waals surface area (Å²) < 4.78 is 0. The molecule has 5 rings (SSSR count). The van der Waals surface area contributed by atoms with Crippen molar-refractivity contribution in [3.63, 3.8) is 0 Å². The quantitative estimate of drug-likeness (QED) is 0.354. The molecule has 1 aromatic carbocycles. The molecule has 2 saturated heterocycles. The molecule has 1 saturated carbocycles. The zero-order chi connectivity index (χ0) is 27.9. The van der Waals surface area contributed by atoms with Crippen molar-refractivity contribution in [1.29, 1.82) is 0 Å². The second-order valence-electron chi connectivity index (χ2n) is 11.8. The molecule has 0 spiro atoms. The van der Waals surface area contributed by atoms with E-state index < -0.39 is 11.4 Å². The summed E-state index contributed by atoms with van der Waals surface area (Å²) in [6, 6.07) is 5.55. The van der Waals surface area contributed by atoms with E-state index in [2.05, 4.69) is 15.1 Å². The summed E-state index contributed by atoms with van der Waals surface area (Å²) >= 11 is 19.2. The number of nitrogens with one attached hydrogen (secondary N) is 1. The van der Waals surface area contributed by atoms with E-state index in [9.17, 15) is 9.90 Å². The number of halogens is 3. The summed E-state index contributed by atoms with van der Waals surface area (Å²) in [7, 11) is 0. The van der Waals surface area contributed by atoms with E-state index in [4.69, 9.17) is 44.8 Å². The van der Waals surface area contributed by atoms with Crippen LogP contribution in [0.5, 0.6) is 0 Å². The first-order chi connectivity index (χ1) is 18.6. The maximum absolute atomic E-state index is 11.8. The number of carboxylic acid groups (broad SMARTS) is 1. The zero-order valence-electron chi connectivity index (χ0n) is 22.9. The van der Waals surface area contributed by atoms with Gasteiger partial charge in [0.05, 0.1) is 17.2 Å². The number of anilines is 2. The Bertz CT molecular complexity index is 1220. The molecule has 2 aliphatic heterocycles. The Kier molecular flexibility index (Phi) is 8.54. The van der Waals surface area contributed by atoms with Crippen molar-refractivity contribution in [3.05, 3.63) is 44.5 Å². The molecule has 3 aliphatic rings. The minimum atomic E-state index is -0.651. The molecule has 3 unspecified atom stereocenters. The number of carbonyl (C=O) groups is 1. The predicted octanol–water partition coefficient (Wildman–Crippen LogP) is 7.10. The van der Waals surface area contributed by atoms with Gasteiger partial charge >= 0.3 is 5.97 Å². The van der Waals surface area contributed by atoms with Gasteiger partial charge in [-0.2, -0.15) is 4.98 Å². The number of likely N-dealkylation sites (tertiary alicyclic amines) is 1. The summed E-state index contributed by atoms with van der Waals surface area (Å²) in [6.07, 6.45) is 6.34. The van der Waals surface area contributed by atoms with Crippen molar-refractivity contribution in [2.24, 2.45) is 17.3 Å². The lowest BCUT2D eigenvalue weighted by atomic mass is 9.64. The highest BCUT2D eigenvalue weighted by Crippen LogP contribution is 2.46. The highest BCUT2D eigenvalue weighted by Gasteiger charge is 2.52. The maximum atomic E-state index is 11.8. The number of nitrogens with zero attached hydrogens (tertiary/aromatic N) is 4. The normalized spacial score (nSPS) is 27.2. The second-order valence-corrected chi connectivity index (χ2v) is 13.0. The van der Waals surface area contributed by atoms with E-state index in [0.29, 0.717) is 38.7 Å². The molecule has 0 bridgehead atoms. The van der Waals surface area contributed by atoms with Gasteiger partial charge in [0.15, 0.2) is 5.82 Å². The Morgan fingerprint density at radius 2 is 1.85 bits per heavy atom. The third-order valence-electron chi connectivity index (χ3n) is 9.37. The van der Waals surface area contributed by atoms with Gasteiger partial charge in [-0.1, -0.05) is 40.9 Å². The Labute approximate surface area is 246 Å². The third-order valence-corrected chi connectivity index (χ3v) is 10.4. The molecule has 4 atom stereocenters. The van der Waals surface area contributed by atoms with Crippen molar-refractivity contribution < 1.29 is 9.90 Å². The molecule has 7 nitrogen and oxygen atoms in total. The van der Waals surface area contributed by atoms with E-state index in [0.717, 1.165) is 69.5 Å². The number of hydrogen-bond acceptors (Lipinski definition) is 6. The fraction of sp³-hybridized carbons (Fsp3) is 0.621. The number of aliphatic carboxylic acids is 1. The molecular weight excluding hydrogens is 557 g/mol. The predicted molar refractivity (Wildman–Crippen MR) is 158 cm³/mol. The Morgan fingerprint density at radius 3 is 2.49 bits per heavy atom. The van der Waals surface area contributed by atoms with Gasteiger partial charge in [-0.25, -0.2) is 4.98 Å². The first-order valence-corrected chi connectivity index (χ1v) is 15.2. The van der Waals surface area contributed by atoms with E-state index >= 15 is 0 Å². The third kappa shape index (κ3) is 5.83. The second kappa shape index (κ2) is 11.6. The molecule has 0 amide bonds. The molecular formula is C29H38Cl3N5O2. The molecule has 1 aromatic heterocycles. The highest BCUT2D eigenvalue weighted by molar-refractivity contribution is 6.35. The first-order valence-electron chi connectivity index (χ1n) is 14.0. The van der Waals surface area contributed by atoms with Gasteiger partial charge in [0.1, 0.15) is 5.02 Å². The SMILES string of the molecule is Cc1nc(N2CCCC(C3CCN(C4CCC4(C)C(=O)O)CC3)C2)nc(N[C@H](C)c2ccc(Cl)cc2Cl)c1Cl. The molecule has 0 radical (unpaired) electrons. The topological polar surface area (TPSA) is 81.6 Å². The van der Waals surface area contributed by atoms with Crippen molar-refractivity contribution in [1.82, 2.24) is 14.9 Å². The van der Waals surface area contributed by atoms with Crippen molar-refractivity contribution in [2.75, 3.05) is 36.4 Å². The van der Waals surface area contributed by atoms with Crippen LogP contribution in [0, 0.1) is 24.2 Å². The van der Waals surface area contributed by atoms with Crippen molar-refractivity contribution in [2.45, 2.75) is 71.4 Å². The van der Waals surface area contributed by atoms with Crippen LogP contribution in [0.4, 0.5) is 11.8 Å². The van der Waals surface area contributed by atoms with Crippen molar-refractivity contribution >= 4 is 52.5 Å². The van der Waals surface area contributed by atoms with Crippen LogP contribution in [0.25, 0.3) is 0 Å². The number of rotatable bonds is 7. The largest absolute Gasteiger partial charge is 0.481 e. The summed E-state index contributed by atoms with van der Waals surface area (Å²) in [5, 5.41) is 14.9. The highest BCUT2D eigenvalue weighted by atomic mass is 35.5. The van der Waals surface area contributed by atoms with Gasteiger partial charge in [-0.3, -0.25) is 9.69 Å². The molecule has 212 valence electrons. The van der Waals surface area contributed by atoms with Gasteiger partial charge in [0, 0.05) is 29.2 Å². The molecule has 3 heterocycles. The Balaban J connectivity index is 1.24. The number of aromatic nitrogens is 2. The van der Waals surface area contributed by atoms with Gasteiger partial charge < -0.3 is 15.3 Å². The van der Waals surface area contributed by atoms with Crippen LogP contribution in [-0.4, -0.2) is 58.2 Å². The van der Waals surface area contributed by atoms with Crippen molar-refractivity contribution in [3.8, 4) is 0 Å². The molecule has 10 heteroatoms. The molecule has 2 aromatic rings. The number of hydrogen-bond donors (Lipinski definition) is 2. The standard InChI is InChI=1S/C29H38Cl3N5O2/c1-17(22-7-6-21(30)15-23(22)31)33-26-25(32)18(2)34-28(35-26)37-12-4-5-20(16-37)19-9-13-36(14-10-19)24-8-11-29(24,3)27(38)39/h6-7,15,17,19-20,24H,4-5,8-14,16H2,1-3H3,(H,38,39)(H,33,34,35)/t17-,20?,24?,29?/m1/s1. The summed E-state index contributed by atoms with van der Waals surface area (Å²) in [5.74, 6) is 1.88. The minimum Gasteiger partial charge on any atom is -0.481 e. The van der Waals surface area contributed by atoms with Crippen LogP contribution in [0.3, 0.4) is 0 Å². The van der Waals surface area contributed by atoms with Gasteiger partial charge in [-0.15, -0.1) is 0 Å². The number of aryl methyl sites for hydroxylation is 1. The molecule has 2 N–H and O–H groups in total. The lowest BCUT2D eigenvalue weighted by molar-refractivity contribution is -0.162. The smallest absolute Gasteiger partial charge is 0.310 e. The lowest BCUT2D eigenvalue weighted by Crippen LogP contribution is -2.59. The molecule has 1 aliphatic carbocycles. The Hall–Kier alpha value is -1.80. The number of piperidine rings is 2. The van der Waals surface area contributed by atoms with Crippen LogP contribution >= 0.6 is 34.8 Å². The zero-order valence-corrected chi connectivity index (χ0v) is 25.2. The molecule has 39 heavy (non-hydrogen) atoms. The maximum Gasteiger partial charge on any atom is 0.310 e. The average molecular weight is 595 g/mol. The number of carboxylic acids is 1. The monoisotopic (exact) mass is 593 g/mol. The van der Waals surface area contributed by atoms with Gasteiger partial charge in [0.2, 0.25) is 5.95 Å². The number of benzene rings is 1.